The third-order valence-electron chi connectivity index (χ3n) is 4.23. The Bertz CT molecular complexity index is 1130. The van der Waals surface area contributed by atoms with Crippen LogP contribution >= 0.6 is 11.6 Å². The Balaban J connectivity index is 2.12. The number of nitrogens with one attached hydrogen (secondary N) is 1. The van der Waals surface area contributed by atoms with Gasteiger partial charge in [0.05, 0.1) is 16.3 Å². The van der Waals surface area contributed by atoms with E-state index in [4.69, 9.17) is 11.6 Å². The molecule has 0 unspecified atom stereocenters. The number of anilines is 1. The lowest BCUT2D eigenvalue weighted by Crippen LogP contribution is -2.23. The summed E-state index contributed by atoms with van der Waals surface area (Å²) in [6, 6.07) is 13.6. The van der Waals surface area contributed by atoms with Crippen LogP contribution in [0.1, 0.15) is 11.3 Å². The maximum atomic E-state index is 12.9. The molecule has 0 aliphatic carbocycles. The lowest BCUT2D eigenvalue weighted by Gasteiger charge is -2.09. The first-order valence-electron chi connectivity index (χ1n) is 7.85. The largest absolute Gasteiger partial charge is 0.296 e. The Labute approximate surface area is 156 Å². The number of rotatable bonds is 4. The highest BCUT2D eigenvalue weighted by Gasteiger charge is 2.23. The van der Waals surface area contributed by atoms with Crippen molar-refractivity contribution in [3.63, 3.8) is 0 Å². The molecular formula is C18H18ClN3O3S. The molecule has 1 heterocycles. The molecule has 0 spiro atoms. The number of hydrogen-bond donors (Lipinski definition) is 1. The lowest BCUT2D eigenvalue weighted by atomic mass is 10.2. The molecule has 0 bridgehead atoms. The van der Waals surface area contributed by atoms with Gasteiger partial charge in [-0.2, -0.15) is 0 Å². The van der Waals surface area contributed by atoms with Crippen LogP contribution in [0.3, 0.4) is 0 Å². The maximum absolute atomic E-state index is 12.9. The second-order valence-electron chi connectivity index (χ2n) is 5.95. The number of halogens is 1. The zero-order chi connectivity index (χ0) is 19.1. The average Bonchev–Trinajstić information content (AvgIpc) is 2.81. The number of aryl methyl sites for hydroxylation is 1. The van der Waals surface area contributed by atoms with E-state index in [2.05, 4.69) is 4.72 Å². The van der Waals surface area contributed by atoms with Crippen molar-refractivity contribution in [1.82, 2.24) is 9.36 Å². The minimum Gasteiger partial charge on any atom is -0.283 e. The summed E-state index contributed by atoms with van der Waals surface area (Å²) in [5.74, 6) is 0. The number of nitrogens with zero attached hydrogens (tertiary/aromatic N) is 2. The van der Waals surface area contributed by atoms with Crippen molar-refractivity contribution in [3.8, 4) is 5.69 Å². The molecule has 8 heteroatoms. The zero-order valence-electron chi connectivity index (χ0n) is 14.5. The molecule has 1 N–H and O–H groups in total. The van der Waals surface area contributed by atoms with E-state index < -0.39 is 15.6 Å². The summed E-state index contributed by atoms with van der Waals surface area (Å²) in [5, 5.41) is 0.308. The second-order valence-corrected chi connectivity index (χ2v) is 8.04. The van der Waals surface area contributed by atoms with E-state index in [1.165, 1.54) is 10.7 Å². The number of benzene rings is 2. The smallest absolute Gasteiger partial charge is 0.283 e. The molecule has 0 atom stereocenters. The Morgan fingerprint density at radius 2 is 1.69 bits per heavy atom. The van der Waals surface area contributed by atoms with E-state index in [1.807, 2.05) is 18.2 Å². The van der Waals surface area contributed by atoms with Crippen LogP contribution in [0.25, 0.3) is 5.69 Å². The van der Waals surface area contributed by atoms with Crippen LogP contribution in [-0.2, 0) is 17.1 Å². The summed E-state index contributed by atoms with van der Waals surface area (Å²) < 4.78 is 31.1. The van der Waals surface area contributed by atoms with Crippen molar-refractivity contribution < 1.29 is 8.42 Å². The molecule has 6 nitrogen and oxygen atoms in total. The molecule has 0 saturated carbocycles. The fourth-order valence-corrected chi connectivity index (χ4v) is 4.36. The summed E-state index contributed by atoms with van der Waals surface area (Å²) in [4.78, 5) is 12.9. The van der Waals surface area contributed by atoms with Gasteiger partial charge in [0.2, 0.25) is 0 Å². The highest BCUT2D eigenvalue weighted by Crippen LogP contribution is 2.23. The van der Waals surface area contributed by atoms with Gasteiger partial charge in [-0.15, -0.1) is 0 Å². The summed E-state index contributed by atoms with van der Waals surface area (Å²) in [6.45, 7) is 3.36. The predicted molar refractivity (Wildman–Crippen MR) is 103 cm³/mol. The van der Waals surface area contributed by atoms with E-state index in [0.29, 0.717) is 22.0 Å². The number of aromatic nitrogens is 2. The predicted octanol–water partition coefficient (Wildman–Crippen LogP) is 3.25. The SMILES string of the molecule is Cc1ccc(Cl)cc1S(=O)(=O)Nc1c(C)n(C)n(-c2ccccc2)c1=O. The van der Waals surface area contributed by atoms with E-state index >= 15 is 0 Å². The standard InChI is InChI=1S/C18H18ClN3O3S/c1-12-9-10-14(19)11-16(12)26(24,25)20-17-13(2)21(3)22(18(17)23)15-7-5-4-6-8-15/h4-11,20H,1-3H3. The van der Waals surface area contributed by atoms with Crippen LogP contribution in [0.5, 0.6) is 0 Å². The van der Waals surface area contributed by atoms with Crippen LogP contribution in [0.15, 0.2) is 58.2 Å². The van der Waals surface area contributed by atoms with Gasteiger partial charge in [0.1, 0.15) is 5.69 Å². The molecule has 0 radical (unpaired) electrons. The highest BCUT2D eigenvalue weighted by atomic mass is 35.5. The molecular weight excluding hydrogens is 374 g/mol. The topological polar surface area (TPSA) is 73.1 Å². The van der Waals surface area contributed by atoms with E-state index in [-0.39, 0.29) is 10.6 Å². The van der Waals surface area contributed by atoms with Gasteiger partial charge in [-0.3, -0.25) is 14.2 Å². The van der Waals surface area contributed by atoms with Crippen LogP contribution in [0, 0.1) is 13.8 Å². The number of sulfonamides is 1. The molecule has 2 aromatic carbocycles. The summed E-state index contributed by atoms with van der Waals surface area (Å²) >= 11 is 5.94. The van der Waals surface area contributed by atoms with Gasteiger partial charge in [-0.1, -0.05) is 35.9 Å². The van der Waals surface area contributed by atoms with Gasteiger partial charge in [0.15, 0.2) is 0 Å². The molecule has 0 fully saturated rings. The van der Waals surface area contributed by atoms with Crippen molar-refractivity contribution in [2.45, 2.75) is 18.7 Å². The molecule has 1 aromatic heterocycles. The zero-order valence-corrected chi connectivity index (χ0v) is 16.1. The van der Waals surface area contributed by atoms with E-state index in [1.54, 1.807) is 49.8 Å². The minimum absolute atomic E-state index is 0.00993. The Morgan fingerprint density at radius 1 is 1.04 bits per heavy atom. The first-order chi connectivity index (χ1) is 12.2. The van der Waals surface area contributed by atoms with E-state index in [0.717, 1.165) is 0 Å². The van der Waals surface area contributed by atoms with Gasteiger partial charge in [0, 0.05) is 12.1 Å². The average molecular weight is 392 g/mol. The van der Waals surface area contributed by atoms with Crippen LogP contribution < -0.4 is 10.3 Å². The quantitative estimate of drug-likeness (QED) is 0.741. The summed E-state index contributed by atoms with van der Waals surface area (Å²) in [7, 11) is -2.26. The Morgan fingerprint density at radius 3 is 2.35 bits per heavy atom. The molecule has 26 heavy (non-hydrogen) atoms. The monoisotopic (exact) mass is 391 g/mol. The third kappa shape index (κ3) is 3.15. The summed E-state index contributed by atoms with van der Waals surface area (Å²) in [6.07, 6.45) is 0. The molecule has 136 valence electrons. The molecule has 0 saturated heterocycles. The molecule has 3 rings (SSSR count). The fourth-order valence-electron chi connectivity index (χ4n) is 2.74. The number of hydrogen-bond acceptors (Lipinski definition) is 3. The van der Waals surface area contributed by atoms with E-state index in [9.17, 15) is 13.2 Å². The van der Waals surface area contributed by atoms with Crippen LogP contribution in [0.2, 0.25) is 5.02 Å². The van der Waals surface area contributed by atoms with Gasteiger partial charge >= 0.3 is 0 Å². The van der Waals surface area contributed by atoms with Gasteiger partial charge < -0.3 is 0 Å². The highest BCUT2D eigenvalue weighted by molar-refractivity contribution is 7.92. The molecule has 3 aromatic rings. The van der Waals surface area contributed by atoms with Crippen molar-refractivity contribution in [2.75, 3.05) is 4.72 Å². The van der Waals surface area contributed by atoms with Crippen LogP contribution in [-0.4, -0.2) is 17.8 Å². The molecule has 0 aliphatic rings. The lowest BCUT2D eigenvalue weighted by molar-refractivity contribution is 0.600. The normalized spacial score (nSPS) is 11.5. The molecule has 0 amide bonds. The first kappa shape index (κ1) is 18.3. The Kier molecular flexibility index (Phi) is 4.68. The van der Waals surface area contributed by atoms with Gasteiger partial charge in [0.25, 0.3) is 15.6 Å². The minimum atomic E-state index is -3.96. The summed E-state index contributed by atoms with van der Waals surface area (Å²) in [5.41, 5.74) is 1.25. The van der Waals surface area contributed by atoms with Crippen molar-refractivity contribution in [2.24, 2.45) is 7.05 Å². The van der Waals surface area contributed by atoms with Gasteiger partial charge in [-0.25, -0.2) is 13.1 Å². The van der Waals surface area contributed by atoms with Crippen molar-refractivity contribution >= 4 is 27.3 Å². The molecule has 0 aliphatic heterocycles. The second kappa shape index (κ2) is 6.66. The van der Waals surface area contributed by atoms with Crippen LogP contribution in [0.4, 0.5) is 5.69 Å². The number of para-hydroxylation sites is 1. The fraction of sp³-hybridized carbons (Fsp3) is 0.167. The van der Waals surface area contributed by atoms with Crippen molar-refractivity contribution in [1.29, 1.82) is 0 Å². The van der Waals surface area contributed by atoms with Gasteiger partial charge in [-0.05, 0) is 43.7 Å². The maximum Gasteiger partial charge on any atom is 0.296 e. The Hall–Kier alpha value is -2.51. The van der Waals surface area contributed by atoms with Crippen molar-refractivity contribution in [3.05, 3.63) is 75.2 Å². The first-order valence-corrected chi connectivity index (χ1v) is 9.71. The third-order valence-corrected chi connectivity index (χ3v) is 5.96.